The van der Waals surface area contributed by atoms with Crippen molar-refractivity contribution >= 4 is 12.0 Å². The fourth-order valence-electron chi connectivity index (χ4n) is 5.45. The highest BCUT2D eigenvalue weighted by Crippen LogP contribution is 2.39. The Hall–Kier alpha value is -3.30. The summed E-state index contributed by atoms with van der Waals surface area (Å²) in [4.78, 5) is 27.8. The lowest BCUT2D eigenvalue weighted by Crippen LogP contribution is -2.66. The van der Waals surface area contributed by atoms with Crippen molar-refractivity contribution in [2.45, 2.75) is 85.1 Å². The van der Waals surface area contributed by atoms with Crippen molar-refractivity contribution in [2.75, 3.05) is 33.0 Å². The number of aliphatic carboxylic acids is 1. The highest BCUT2D eigenvalue weighted by atomic mass is 16.5. The number of carbonyl (C=O) groups excluding carboxylic acids is 1. The average Bonchev–Trinajstić information content (AvgIpc) is 2.93. The molecule has 0 aliphatic heterocycles. The van der Waals surface area contributed by atoms with Crippen molar-refractivity contribution in [1.29, 1.82) is 0 Å². The number of carboxylic acid groups (broad SMARTS) is 1. The molecule has 2 N–H and O–H groups in total. The summed E-state index contributed by atoms with van der Waals surface area (Å²) >= 11 is 0. The molecule has 41 heavy (non-hydrogen) atoms. The number of carbonyl (C=O) groups is 2. The number of nitrogens with one attached hydrogen (secondary N) is 1. The molecule has 2 aromatic rings. The van der Waals surface area contributed by atoms with Gasteiger partial charge in [-0.05, 0) is 71.2 Å². The summed E-state index contributed by atoms with van der Waals surface area (Å²) in [6, 6.07) is 10.9. The van der Waals surface area contributed by atoms with Crippen LogP contribution >= 0.6 is 0 Å². The quantitative estimate of drug-likeness (QED) is 0.272. The Labute approximate surface area is 244 Å². The maximum atomic E-state index is 13.9. The predicted molar refractivity (Wildman–Crippen MR) is 158 cm³/mol. The molecule has 1 aliphatic carbocycles. The summed E-state index contributed by atoms with van der Waals surface area (Å²) in [5.41, 5.74) is 2.33. The molecule has 2 amide bonds. The van der Waals surface area contributed by atoms with Crippen LogP contribution in [-0.4, -0.2) is 66.6 Å². The van der Waals surface area contributed by atoms with E-state index in [1.807, 2.05) is 84.9 Å². The lowest BCUT2D eigenvalue weighted by atomic mass is 9.74. The Morgan fingerprint density at radius 3 is 2.27 bits per heavy atom. The molecule has 2 atom stereocenters. The first kappa shape index (κ1) is 32.2. The molecule has 9 heteroatoms. The second-order valence-corrected chi connectivity index (χ2v) is 10.5. The van der Waals surface area contributed by atoms with Crippen molar-refractivity contribution in [2.24, 2.45) is 0 Å². The van der Waals surface area contributed by atoms with Crippen molar-refractivity contribution in [3.63, 3.8) is 0 Å². The van der Waals surface area contributed by atoms with Gasteiger partial charge in [0.2, 0.25) is 0 Å². The second kappa shape index (κ2) is 14.5. The first-order valence-corrected chi connectivity index (χ1v) is 14.6. The number of rotatable bonds is 15. The molecule has 9 nitrogen and oxygen atoms in total. The fourth-order valence-corrected chi connectivity index (χ4v) is 5.45. The SMILES string of the molecule is CCOc1cc([C@@H](C)N(CCO[C@@H](C)c2ccccc2)C(=O)NC2(C(=O)O)CC(OCC)C2)c(C)c(OCC)c1C. The van der Waals surface area contributed by atoms with Gasteiger partial charge in [-0.3, -0.25) is 0 Å². The molecule has 0 radical (unpaired) electrons. The van der Waals surface area contributed by atoms with Gasteiger partial charge in [0.25, 0.3) is 0 Å². The summed E-state index contributed by atoms with van der Waals surface area (Å²) in [6.45, 7) is 15.5. The highest BCUT2D eigenvalue weighted by molar-refractivity contribution is 5.87. The Kier molecular flexibility index (Phi) is 11.4. The standard InChI is InChI=1S/C32H46N2O7/c1-8-38-26-19-32(20-26,30(35)36)33-31(37)34(16-17-41-24(7)25-14-12-11-13-15-25)23(6)27-18-28(39-9-2)22(5)29(21(27)4)40-10-3/h11-15,18,23-24,26H,8-10,16-17,19-20H2,1-7H3,(H,33,37)(H,35,36)/t23-,24+,26?,32?/m1/s1. The minimum absolute atomic E-state index is 0.171. The topological polar surface area (TPSA) is 107 Å². The third kappa shape index (κ3) is 7.51. The van der Waals surface area contributed by atoms with Crippen LogP contribution in [0.1, 0.15) is 81.9 Å². The zero-order valence-corrected chi connectivity index (χ0v) is 25.5. The van der Waals surface area contributed by atoms with E-state index in [-0.39, 0.29) is 38.2 Å². The van der Waals surface area contributed by atoms with Gasteiger partial charge in [-0.1, -0.05) is 30.3 Å². The number of urea groups is 1. The van der Waals surface area contributed by atoms with Crippen LogP contribution in [0.25, 0.3) is 0 Å². The Balaban J connectivity index is 1.91. The molecule has 0 spiro atoms. The van der Waals surface area contributed by atoms with E-state index in [1.54, 1.807) is 4.90 Å². The third-order valence-corrected chi connectivity index (χ3v) is 7.82. The lowest BCUT2D eigenvalue weighted by molar-refractivity contribution is -0.156. The number of hydrogen-bond donors (Lipinski definition) is 2. The van der Waals surface area contributed by atoms with E-state index in [0.717, 1.165) is 28.0 Å². The Bertz CT molecular complexity index is 1160. The van der Waals surface area contributed by atoms with Crippen molar-refractivity contribution in [1.82, 2.24) is 10.2 Å². The van der Waals surface area contributed by atoms with E-state index in [4.69, 9.17) is 18.9 Å². The van der Waals surface area contributed by atoms with Crippen LogP contribution in [0, 0.1) is 13.8 Å². The molecule has 0 unspecified atom stereocenters. The van der Waals surface area contributed by atoms with E-state index >= 15 is 0 Å². The minimum Gasteiger partial charge on any atom is -0.493 e. The summed E-state index contributed by atoms with van der Waals surface area (Å²) < 4.78 is 23.7. The minimum atomic E-state index is -1.37. The van der Waals surface area contributed by atoms with Crippen LogP contribution in [0.3, 0.4) is 0 Å². The number of amides is 2. The maximum absolute atomic E-state index is 13.9. The summed E-state index contributed by atoms with van der Waals surface area (Å²) in [5, 5.41) is 12.9. The molecule has 0 saturated heterocycles. The zero-order chi connectivity index (χ0) is 30.2. The molecule has 0 heterocycles. The molecule has 2 aromatic carbocycles. The number of nitrogens with zero attached hydrogens (tertiary/aromatic N) is 1. The molecule has 1 saturated carbocycles. The number of ether oxygens (including phenoxy) is 4. The predicted octanol–water partition coefficient (Wildman–Crippen LogP) is 5.97. The highest BCUT2D eigenvalue weighted by Gasteiger charge is 2.53. The molecular weight excluding hydrogens is 524 g/mol. The van der Waals surface area contributed by atoms with Crippen LogP contribution in [0.15, 0.2) is 36.4 Å². The van der Waals surface area contributed by atoms with Gasteiger partial charge in [0.1, 0.15) is 17.0 Å². The summed E-state index contributed by atoms with van der Waals surface area (Å²) in [5.74, 6) is 0.362. The molecule has 1 aliphatic rings. The lowest BCUT2D eigenvalue weighted by Gasteiger charge is -2.45. The largest absolute Gasteiger partial charge is 0.493 e. The van der Waals surface area contributed by atoms with Gasteiger partial charge in [0, 0.05) is 31.6 Å². The van der Waals surface area contributed by atoms with Crippen molar-refractivity contribution in [3.05, 3.63) is 58.7 Å². The van der Waals surface area contributed by atoms with Gasteiger partial charge in [-0.25, -0.2) is 9.59 Å². The van der Waals surface area contributed by atoms with Gasteiger partial charge in [0.05, 0.1) is 38.1 Å². The zero-order valence-electron chi connectivity index (χ0n) is 25.5. The van der Waals surface area contributed by atoms with E-state index in [0.29, 0.717) is 25.6 Å². The van der Waals surface area contributed by atoms with E-state index < -0.39 is 23.6 Å². The van der Waals surface area contributed by atoms with Crippen LogP contribution in [-0.2, 0) is 14.3 Å². The first-order valence-electron chi connectivity index (χ1n) is 14.6. The first-order chi connectivity index (χ1) is 19.6. The van der Waals surface area contributed by atoms with Crippen molar-refractivity contribution in [3.8, 4) is 11.5 Å². The van der Waals surface area contributed by atoms with Crippen LogP contribution in [0.5, 0.6) is 11.5 Å². The maximum Gasteiger partial charge on any atom is 0.329 e. The molecule has 1 fully saturated rings. The van der Waals surface area contributed by atoms with E-state index in [1.165, 1.54) is 0 Å². The molecule has 3 rings (SSSR count). The smallest absolute Gasteiger partial charge is 0.329 e. The summed E-state index contributed by atoms with van der Waals surface area (Å²) in [7, 11) is 0. The molecule has 0 aromatic heterocycles. The molecule has 226 valence electrons. The second-order valence-electron chi connectivity index (χ2n) is 10.5. The van der Waals surface area contributed by atoms with Crippen LogP contribution in [0.4, 0.5) is 4.79 Å². The van der Waals surface area contributed by atoms with Gasteiger partial charge in [0.15, 0.2) is 0 Å². The Morgan fingerprint density at radius 2 is 1.68 bits per heavy atom. The Morgan fingerprint density at radius 1 is 1.02 bits per heavy atom. The van der Waals surface area contributed by atoms with Crippen LogP contribution in [0.2, 0.25) is 0 Å². The average molecular weight is 571 g/mol. The van der Waals surface area contributed by atoms with Gasteiger partial charge < -0.3 is 34.3 Å². The van der Waals surface area contributed by atoms with E-state index in [2.05, 4.69) is 5.32 Å². The van der Waals surface area contributed by atoms with Gasteiger partial charge in [-0.15, -0.1) is 0 Å². The molecular formula is C32H46N2O7. The van der Waals surface area contributed by atoms with Gasteiger partial charge >= 0.3 is 12.0 Å². The van der Waals surface area contributed by atoms with Crippen LogP contribution < -0.4 is 14.8 Å². The molecule has 0 bridgehead atoms. The van der Waals surface area contributed by atoms with Crippen molar-refractivity contribution < 1.29 is 33.6 Å². The fraction of sp³-hybridized carbons (Fsp3) is 0.562. The number of benzene rings is 2. The third-order valence-electron chi connectivity index (χ3n) is 7.82. The normalized spacial score (nSPS) is 19.5. The summed E-state index contributed by atoms with van der Waals surface area (Å²) in [6.07, 6.45) is 0.0749. The number of carboxylic acids is 1. The van der Waals surface area contributed by atoms with Gasteiger partial charge in [-0.2, -0.15) is 0 Å². The number of hydrogen-bond acceptors (Lipinski definition) is 6. The van der Waals surface area contributed by atoms with E-state index in [9.17, 15) is 14.7 Å². The monoisotopic (exact) mass is 570 g/mol.